The molecule has 1 aliphatic carbocycles. The molecule has 2 rings (SSSR count). The summed E-state index contributed by atoms with van der Waals surface area (Å²) in [5.41, 5.74) is -0.657. The van der Waals surface area contributed by atoms with E-state index in [1.165, 1.54) is 19.3 Å². The van der Waals surface area contributed by atoms with Gasteiger partial charge in [0, 0.05) is 19.0 Å². The van der Waals surface area contributed by atoms with Crippen molar-refractivity contribution in [2.45, 2.75) is 69.4 Å². The summed E-state index contributed by atoms with van der Waals surface area (Å²) in [6.07, 6.45) is 9.05. The van der Waals surface area contributed by atoms with Gasteiger partial charge < -0.3 is 15.7 Å². The monoisotopic (exact) mass is 254 g/mol. The molecular weight excluding hydrogens is 228 g/mol. The van der Waals surface area contributed by atoms with Gasteiger partial charge in [-0.25, -0.2) is 0 Å². The number of amides is 1. The van der Waals surface area contributed by atoms with E-state index < -0.39 is 5.60 Å². The van der Waals surface area contributed by atoms with E-state index in [4.69, 9.17) is 0 Å². The van der Waals surface area contributed by atoms with Crippen LogP contribution in [0, 0.1) is 0 Å². The second kappa shape index (κ2) is 6.53. The van der Waals surface area contributed by atoms with Gasteiger partial charge in [0.15, 0.2) is 0 Å². The Morgan fingerprint density at radius 3 is 2.56 bits per heavy atom. The lowest BCUT2D eigenvalue weighted by molar-refractivity contribution is -0.123. The number of hydrogen-bond acceptors (Lipinski definition) is 3. The van der Waals surface area contributed by atoms with Gasteiger partial charge in [-0.05, 0) is 32.2 Å². The van der Waals surface area contributed by atoms with E-state index >= 15 is 0 Å². The van der Waals surface area contributed by atoms with E-state index in [0.29, 0.717) is 19.0 Å². The van der Waals surface area contributed by atoms with Crippen LogP contribution >= 0.6 is 0 Å². The van der Waals surface area contributed by atoms with Gasteiger partial charge in [0.05, 0.1) is 5.60 Å². The molecule has 1 heterocycles. The third-order valence-electron chi connectivity index (χ3n) is 4.24. The fourth-order valence-corrected chi connectivity index (χ4v) is 3.05. The molecule has 1 saturated carbocycles. The summed E-state index contributed by atoms with van der Waals surface area (Å²) in [7, 11) is 0. The van der Waals surface area contributed by atoms with E-state index in [0.717, 1.165) is 38.6 Å². The van der Waals surface area contributed by atoms with Crippen molar-refractivity contribution in [3.05, 3.63) is 0 Å². The van der Waals surface area contributed by atoms with E-state index in [2.05, 4.69) is 10.6 Å². The maximum absolute atomic E-state index is 11.8. The van der Waals surface area contributed by atoms with Gasteiger partial charge in [0.2, 0.25) is 5.91 Å². The van der Waals surface area contributed by atoms with Gasteiger partial charge in [0.1, 0.15) is 0 Å². The van der Waals surface area contributed by atoms with Gasteiger partial charge in [-0.15, -0.1) is 0 Å². The zero-order valence-electron chi connectivity index (χ0n) is 11.2. The minimum absolute atomic E-state index is 0.0760. The number of carbonyl (C=O) groups is 1. The van der Waals surface area contributed by atoms with Crippen LogP contribution in [0.15, 0.2) is 0 Å². The molecule has 18 heavy (non-hydrogen) atoms. The maximum Gasteiger partial charge on any atom is 0.221 e. The quantitative estimate of drug-likeness (QED) is 0.663. The van der Waals surface area contributed by atoms with Crippen molar-refractivity contribution < 1.29 is 9.90 Å². The minimum Gasteiger partial charge on any atom is -0.388 e. The molecule has 1 unspecified atom stereocenters. The Morgan fingerprint density at radius 1 is 1.22 bits per heavy atom. The summed E-state index contributed by atoms with van der Waals surface area (Å²) < 4.78 is 0. The van der Waals surface area contributed by atoms with Crippen LogP contribution in [-0.2, 0) is 4.79 Å². The minimum atomic E-state index is -0.657. The lowest BCUT2D eigenvalue weighted by atomic mass is 9.94. The number of carbonyl (C=O) groups excluding carboxylic acids is 1. The summed E-state index contributed by atoms with van der Waals surface area (Å²) in [4.78, 5) is 11.8. The lowest BCUT2D eigenvalue weighted by Gasteiger charge is -2.27. The summed E-state index contributed by atoms with van der Waals surface area (Å²) in [6, 6.07) is 0.341. The molecule has 1 saturated heterocycles. The highest BCUT2D eigenvalue weighted by Crippen LogP contribution is 2.26. The van der Waals surface area contributed by atoms with Gasteiger partial charge in [0.25, 0.3) is 0 Å². The van der Waals surface area contributed by atoms with Gasteiger partial charge >= 0.3 is 0 Å². The van der Waals surface area contributed by atoms with E-state index in [-0.39, 0.29) is 5.91 Å². The van der Waals surface area contributed by atoms with Crippen molar-refractivity contribution in [2.75, 3.05) is 13.1 Å². The molecule has 0 aromatic heterocycles. The molecule has 0 aromatic carbocycles. The number of rotatable bonds is 4. The van der Waals surface area contributed by atoms with E-state index in [1.54, 1.807) is 0 Å². The van der Waals surface area contributed by atoms with Crippen LogP contribution < -0.4 is 10.6 Å². The predicted octanol–water partition coefficient (Wildman–Crippen LogP) is 1.33. The second-order valence-corrected chi connectivity index (χ2v) is 5.91. The molecule has 0 aromatic rings. The van der Waals surface area contributed by atoms with Crippen molar-refractivity contribution >= 4 is 5.91 Å². The topological polar surface area (TPSA) is 61.4 Å². The molecule has 1 amide bonds. The number of hydrogen-bond donors (Lipinski definition) is 3. The first-order valence-electron chi connectivity index (χ1n) is 7.40. The van der Waals surface area contributed by atoms with Gasteiger partial charge in [-0.2, -0.15) is 0 Å². The fourth-order valence-electron chi connectivity index (χ4n) is 3.05. The summed E-state index contributed by atoms with van der Waals surface area (Å²) in [5.74, 6) is 0.0760. The van der Waals surface area contributed by atoms with E-state index in [9.17, 15) is 9.90 Å². The molecule has 3 N–H and O–H groups in total. The first-order chi connectivity index (χ1) is 8.68. The van der Waals surface area contributed by atoms with Crippen LogP contribution in [0.5, 0.6) is 0 Å². The zero-order valence-corrected chi connectivity index (χ0v) is 11.2. The lowest BCUT2D eigenvalue weighted by Crippen LogP contribution is -2.43. The molecule has 2 aliphatic rings. The highest BCUT2D eigenvalue weighted by molar-refractivity contribution is 5.76. The van der Waals surface area contributed by atoms with Crippen LogP contribution in [0.2, 0.25) is 0 Å². The maximum atomic E-state index is 11.8. The van der Waals surface area contributed by atoms with Crippen molar-refractivity contribution in [3.63, 3.8) is 0 Å². The molecular formula is C14H26N2O2. The number of aliphatic hydroxyl groups is 1. The zero-order chi connectivity index (χ0) is 12.8. The Morgan fingerprint density at radius 2 is 1.94 bits per heavy atom. The SMILES string of the molecule is O=C(CC1CCCN1)NCC1(O)CCCCCC1. The van der Waals surface area contributed by atoms with Crippen LogP contribution in [0.1, 0.15) is 57.8 Å². The molecule has 104 valence electrons. The van der Waals surface area contributed by atoms with Crippen LogP contribution in [0.4, 0.5) is 0 Å². The van der Waals surface area contributed by atoms with Crippen LogP contribution in [0.3, 0.4) is 0 Å². The Labute approximate surface area is 110 Å². The molecule has 0 radical (unpaired) electrons. The van der Waals surface area contributed by atoms with Crippen LogP contribution in [-0.4, -0.2) is 35.7 Å². The molecule has 2 fully saturated rings. The molecule has 4 nitrogen and oxygen atoms in total. The summed E-state index contributed by atoms with van der Waals surface area (Å²) in [6.45, 7) is 1.46. The molecule has 1 atom stereocenters. The van der Waals surface area contributed by atoms with Gasteiger partial charge in [-0.3, -0.25) is 4.79 Å². The summed E-state index contributed by atoms with van der Waals surface area (Å²) in [5, 5.41) is 16.7. The number of nitrogens with one attached hydrogen (secondary N) is 2. The Kier molecular flexibility index (Phi) is 5.01. The normalized spacial score (nSPS) is 27.7. The molecule has 4 heteroatoms. The van der Waals surface area contributed by atoms with Crippen molar-refractivity contribution in [1.82, 2.24) is 10.6 Å². The first-order valence-corrected chi connectivity index (χ1v) is 7.40. The Bertz CT molecular complexity index is 267. The Balaban J connectivity index is 1.70. The molecule has 0 spiro atoms. The van der Waals surface area contributed by atoms with Crippen molar-refractivity contribution in [2.24, 2.45) is 0 Å². The Hall–Kier alpha value is -0.610. The predicted molar refractivity (Wildman–Crippen MR) is 71.3 cm³/mol. The average molecular weight is 254 g/mol. The van der Waals surface area contributed by atoms with Gasteiger partial charge in [-0.1, -0.05) is 25.7 Å². The molecule has 0 bridgehead atoms. The first kappa shape index (κ1) is 13.8. The fraction of sp³-hybridized carbons (Fsp3) is 0.929. The summed E-state index contributed by atoms with van der Waals surface area (Å²) >= 11 is 0. The van der Waals surface area contributed by atoms with E-state index in [1.807, 2.05) is 0 Å². The smallest absolute Gasteiger partial charge is 0.221 e. The average Bonchev–Trinajstić information content (AvgIpc) is 2.75. The third kappa shape index (κ3) is 4.25. The van der Waals surface area contributed by atoms with Crippen molar-refractivity contribution in [3.8, 4) is 0 Å². The highest BCUT2D eigenvalue weighted by atomic mass is 16.3. The van der Waals surface area contributed by atoms with Crippen LogP contribution in [0.25, 0.3) is 0 Å². The second-order valence-electron chi connectivity index (χ2n) is 5.91. The molecule has 1 aliphatic heterocycles. The van der Waals surface area contributed by atoms with Crippen molar-refractivity contribution in [1.29, 1.82) is 0 Å². The highest BCUT2D eigenvalue weighted by Gasteiger charge is 2.28. The standard InChI is InChI=1S/C14H26N2O2/c17-13(10-12-6-5-9-15-12)16-11-14(18)7-3-1-2-4-8-14/h12,15,18H,1-11H2,(H,16,17). The third-order valence-corrected chi connectivity index (χ3v) is 4.24. The largest absolute Gasteiger partial charge is 0.388 e.